The van der Waals surface area contributed by atoms with Gasteiger partial charge in [-0.15, -0.1) is 11.8 Å². The Balaban J connectivity index is 1.69. The molecule has 0 spiro atoms. The van der Waals surface area contributed by atoms with E-state index in [1.54, 1.807) is 18.0 Å². The molecular weight excluding hydrogens is 258 g/mol. The zero-order valence-corrected chi connectivity index (χ0v) is 11.3. The fourth-order valence-electron chi connectivity index (χ4n) is 2.23. The van der Waals surface area contributed by atoms with Crippen LogP contribution in [-0.4, -0.2) is 33.1 Å². The Morgan fingerprint density at radius 2 is 2.32 bits per heavy atom. The maximum absolute atomic E-state index is 12.0. The molecule has 5 heteroatoms. The number of H-pyrrole nitrogens is 1. The van der Waals surface area contributed by atoms with E-state index in [0.29, 0.717) is 12.3 Å². The first-order chi connectivity index (χ1) is 9.34. The summed E-state index contributed by atoms with van der Waals surface area (Å²) in [5, 5.41) is 0.117. The summed E-state index contributed by atoms with van der Waals surface area (Å²) in [6.07, 6.45) is 4.48. The Morgan fingerprint density at radius 1 is 1.37 bits per heavy atom. The Hall–Kier alpha value is -1.75. The zero-order valence-electron chi connectivity index (χ0n) is 10.5. The normalized spacial score (nSPS) is 19.1. The molecule has 1 N–H and O–H groups in total. The SMILES string of the molecule is O=C1CSC(c2ccc[nH]2)N1CCc1ccccn1. The van der Waals surface area contributed by atoms with E-state index in [1.165, 1.54) is 0 Å². The fraction of sp³-hybridized carbons (Fsp3) is 0.286. The third kappa shape index (κ3) is 2.66. The third-order valence-corrected chi connectivity index (χ3v) is 4.43. The van der Waals surface area contributed by atoms with Crippen molar-refractivity contribution in [1.29, 1.82) is 0 Å². The van der Waals surface area contributed by atoms with Crippen molar-refractivity contribution in [3.8, 4) is 0 Å². The summed E-state index contributed by atoms with van der Waals surface area (Å²) in [6, 6.07) is 9.88. The smallest absolute Gasteiger partial charge is 0.233 e. The minimum absolute atomic E-state index is 0.117. The summed E-state index contributed by atoms with van der Waals surface area (Å²) in [5.41, 5.74) is 2.12. The number of aromatic nitrogens is 2. The molecule has 1 amide bonds. The number of nitrogens with one attached hydrogen (secondary N) is 1. The average Bonchev–Trinajstić information content (AvgIpc) is 3.07. The highest BCUT2D eigenvalue weighted by Crippen LogP contribution is 2.37. The standard InChI is InChI=1S/C14H15N3OS/c18-13-10-19-14(12-5-3-8-16-12)17(13)9-6-11-4-1-2-7-15-11/h1-5,7-8,14,16H,6,9-10H2. The number of carbonyl (C=O) groups is 1. The van der Waals surface area contributed by atoms with Gasteiger partial charge in [0.15, 0.2) is 0 Å². The fourth-order valence-corrected chi connectivity index (χ4v) is 3.43. The van der Waals surface area contributed by atoms with Gasteiger partial charge in [-0.05, 0) is 24.3 Å². The number of aromatic amines is 1. The molecule has 1 aliphatic heterocycles. The van der Waals surface area contributed by atoms with Crippen LogP contribution in [0.15, 0.2) is 42.7 Å². The van der Waals surface area contributed by atoms with Crippen LogP contribution in [0.3, 0.4) is 0 Å². The van der Waals surface area contributed by atoms with E-state index in [2.05, 4.69) is 9.97 Å². The summed E-state index contributed by atoms with van der Waals surface area (Å²) in [6.45, 7) is 0.715. The van der Waals surface area contributed by atoms with E-state index in [1.807, 2.05) is 41.4 Å². The van der Waals surface area contributed by atoms with Crippen molar-refractivity contribution in [3.63, 3.8) is 0 Å². The second kappa shape index (κ2) is 5.48. The minimum Gasteiger partial charge on any atom is -0.363 e. The molecule has 1 atom stereocenters. The lowest BCUT2D eigenvalue weighted by molar-refractivity contribution is -0.128. The van der Waals surface area contributed by atoms with Crippen molar-refractivity contribution in [2.45, 2.75) is 11.8 Å². The van der Waals surface area contributed by atoms with E-state index in [9.17, 15) is 4.79 Å². The average molecular weight is 273 g/mol. The molecule has 0 saturated carbocycles. The van der Waals surface area contributed by atoms with Crippen molar-refractivity contribution >= 4 is 17.7 Å². The van der Waals surface area contributed by atoms with Crippen molar-refractivity contribution < 1.29 is 4.79 Å². The molecular formula is C14H15N3OS. The van der Waals surface area contributed by atoms with Crippen molar-refractivity contribution in [1.82, 2.24) is 14.9 Å². The highest BCUT2D eigenvalue weighted by molar-refractivity contribution is 8.00. The van der Waals surface area contributed by atoms with Crippen LogP contribution in [0.2, 0.25) is 0 Å². The summed E-state index contributed by atoms with van der Waals surface area (Å²) in [5.74, 6) is 0.770. The molecule has 0 radical (unpaired) electrons. The van der Waals surface area contributed by atoms with Gasteiger partial charge in [0.25, 0.3) is 0 Å². The largest absolute Gasteiger partial charge is 0.363 e. The number of hydrogen-bond donors (Lipinski definition) is 1. The van der Waals surface area contributed by atoms with Gasteiger partial charge in [-0.1, -0.05) is 6.07 Å². The molecule has 1 fully saturated rings. The van der Waals surface area contributed by atoms with Crippen molar-refractivity contribution in [2.75, 3.05) is 12.3 Å². The number of thioether (sulfide) groups is 1. The highest BCUT2D eigenvalue weighted by atomic mass is 32.2. The van der Waals surface area contributed by atoms with Crippen LogP contribution >= 0.6 is 11.8 Å². The van der Waals surface area contributed by atoms with E-state index >= 15 is 0 Å². The van der Waals surface area contributed by atoms with E-state index in [0.717, 1.165) is 17.8 Å². The predicted molar refractivity (Wildman–Crippen MR) is 75.6 cm³/mol. The second-order valence-electron chi connectivity index (χ2n) is 4.45. The van der Waals surface area contributed by atoms with Crippen molar-refractivity contribution in [2.24, 2.45) is 0 Å². The van der Waals surface area contributed by atoms with E-state index < -0.39 is 0 Å². The quantitative estimate of drug-likeness (QED) is 0.929. The highest BCUT2D eigenvalue weighted by Gasteiger charge is 2.32. The number of amides is 1. The first-order valence-electron chi connectivity index (χ1n) is 6.29. The predicted octanol–water partition coefficient (Wildman–Crippen LogP) is 2.23. The van der Waals surface area contributed by atoms with Gasteiger partial charge in [-0.2, -0.15) is 0 Å². The Kier molecular flexibility index (Phi) is 3.55. The molecule has 19 heavy (non-hydrogen) atoms. The molecule has 3 heterocycles. The van der Waals surface area contributed by atoms with Gasteiger partial charge in [0.05, 0.1) is 5.75 Å². The number of rotatable bonds is 4. The third-order valence-electron chi connectivity index (χ3n) is 3.19. The van der Waals surface area contributed by atoms with Gasteiger partial charge in [-0.3, -0.25) is 9.78 Å². The Morgan fingerprint density at radius 3 is 3.05 bits per heavy atom. The zero-order chi connectivity index (χ0) is 13.1. The number of carbonyl (C=O) groups excluding carboxylic acids is 1. The number of nitrogens with zero attached hydrogens (tertiary/aromatic N) is 2. The first-order valence-corrected chi connectivity index (χ1v) is 7.34. The van der Waals surface area contributed by atoms with Crippen LogP contribution in [0, 0.1) is 0 Å². The van der Waals surface area contributed by atoms with Gasteiger partial charge in [0, 0.05) is 36.7 Å². The monoisotopic (exact) mass is 273 g/mol. The summed E-state index contributed by atoms with van der Waals surface area (Å²) in [4.78, 5) is 21.4. The molecule has 4 nitrogen and oxygen atoms in total. The van der Waals surface area contributed by atoms with E-state index in [-0.39, 0.29) is 11.3 Å². The summed E-state index contributed by atoms with van der Waals surface area (Å²) in [7, 11) is 0. The number of pyridine rings is 1. The first kappa shape index (κ1) is 12.3. The molecule has 2 aromatic rings. The minimum atomic E-state index is 0.117. The van der Waals surface area contributed by atoms with Gasteiger partial charge in [-0.25, -0.2) is 0 Å². The topological polar surface area (TPSA) is 49.0 Å². The lowest BCUT2D eigenvalue weighted by atomic mass is 10.2. The van der Waals surface area contributed by atoms with Gasteiger partial charge in [0.2, 0.25) is 5.91 Å². The molecule has 0 aromatic carbocycles. The molecule has 3 rings (SSSR count). The molecule has 1 saturated heterocycles. The maximum Gasteiger partial charge on any atom is 0.233 e. The van der Waals surface area contributed by atoms with Crippen LogP contribution in [0.4, 0.5) is 0 Å². The van der Waals surface area contributed by atoms with Crippen LogP contribution in [0.1, 0.15) is 16.8 Å². The van der Waals surface area contributed by atoms with Crippen LogP contribution in [-0.2, 0) is 11.2 Å². The summed E-state index contributed by atoms with van der Waals surface area (Å²) < 4.78 is 0. The van der Waals surface area contributed by atoms with Crippen LogP contribution in [0.25, 0.3) is 0 Å². The van der Waals surface area contributed by atoms with Gasteiger partial charge < -0.3 is 9.88 Å². The molecule has 0 aliphatic carbocycles. The lowest BCUT2D eigenvalue weighted by Gasteiger charge is -2.22. The lowest BCUT2D eigenvalue weighted by Crippen LogP contribution is -2.30. The van der Waals surface area contributed by atoms with Crippen LogP contribution in [0.5, 0.6) is 0 Å². The number of hydrogen-bond acceptors (Lipinski definition) is 3. The maximum atomic E-state index is 12.0. The second-order valence-corrected chi connectivity index (χ2v) is 5.52. The van der Waals surface area contributed by atoms with E-state index in [4.69, 9.17) is 0 Å². The molecule has 1 aliphatic rings. The Bertz CT molecular complexity index is 541. The van der Waals surface area contributed by atoms with Gasteiger partial charge >= 0.3 is 0 Å². The molecule has 2 aromatic heterocycles. The molecule has 98 valence electrons. The van der Waals surface area contributed by atoms with Crippen LogP contribution < -0.4 is 0 Å². The molecule has 0 bridgehead atoms. The molecule has 1 unspecified atom stereocenters. The van der Waals surface area contributed by atoms with Crippen molar-refractivity contribution in [3.05, 3.63) is 54.1 Å². The summed E-state index contributed by atoms with van der Waals surface area (Å²) >= 11 is 1.68. The van der Waals surface area contributed by atoms with Gasteiger partial charge in [0.1, 0.15) is 5.37 Å². The Labute approximate surface area is 116 Å².